The summed E-state index contributed by atoms with van der Waals surface area (Å²) in [6.07, 6.45) is 4.19. The fraction of sp³-hybridized carbons (Fsp3) is 0.238. The van der Waals surface area contributed by atoms with Crippen molar-refractivity contribution in [3.63, 3.8) is 0 Å². The number of nitrogens with zero attached hydrogens (tertiary/aromatic N) is 2. The van der Waals surface area contributed by atoms with Gasteiger partial charge in [0.1, 0.15) is 5.56 Å². The van der Waals surface area contributed by atoms with Crippen molar-refractivity contribution in [2.45, 2.75) is 26.2 Å². The molecule has 3 rings (SSSR count). The monoisotopic (exact) mass is 377 g/mol. The SMILES string of the molecule is CC(C)C(C)(c1ccc(/C(C=N)=C/N)cc1)c1noc(-c2ccc[nH]c2=O)n1. The Morgan fingerprint density at radius 2 is 2.00 bits per heavy atom. The molecule has 7 nitrogen and oxygen atoms in total. The van der Waals surface area contributed by atoms with Crippen molar-refractivity contribution >= 4 is 11.8 Å². The van der Waals surface area contributed by atoms with Gasteiger partial charge in [-0.3, -0.25) is 4.79 Å². The number of allylic oxidation sites excluding steroid dienone is 1. The molecule has 0 bridgehead atoms. The zero-order valence-electron chi connectivity index (χ0n) is 16.1. The fourth-order valence-electron chi connectivity index (χ4n) is 3.09. The first kappa shape index (κ1) is 19.3. The van der Waals surface area contributed by atoms with E-state index in [-0.39, 0.29) is 17.4 Å². The highest BCUT2D eigenvalue weighted by Crippen LogP contribution is 2.38. The Balaban J connectivity index is 2.05. The van der Waals surface area contributed by atoms with Gasteiger partial charge in [-0.15, -0.1) is 0 Å². The van der Waals surface area contributed by atoms with Crippen LogP contribution in [0.2, 0.25) is 0 Å². The van der Waals surface area contributed by atoms with E-state index in [0.717, 1.165) is 11.1 Å². The predicted molar refractivity (Wildman–Crippen MR) is 109 cm³/mol. The van der Waals surface area contributed by atoms with Crippen LogP contribution in [0.1, 0.15) is 37.7 Å². The maximum atomic E-state index is 12.0. The number of nitrogens with two attached hydrogens (primary N) is 1. The zero-order chi connectivity index (χ0) is 20.3. The maximum absolute atomic E-state index is 12.0. The lowest BCUT2D eigenvalue weighted by molar-refractivity contribution is 0.350. The minimum Gasteiger partial charge on any atom is -0.404 e. The topological polar surface area (TPSA) is 122 Å². The summed E-state index contributed by atoms with van der Waals surface area (Å²) in [5.74, 6) is 0.859. The molecule has 4 N–H and O–H groups in total. The molecule has 0 spiro atoms. The van der Waals surface area contributed by atoms with E-state index in [0.29, 0.717) is 17.0 Å². The van der Waals surface area contributed by atoms with E-state index >= 15 is 0 Å². The molecule has 28 heavy (non-hydrogen) atoms. The number of rotatable bonds is 6. The van der Waals surface area contributed by atoms with Gasteiger partial charge in [0, 0.05) is 24.2 Å². The first-order chi connectivity index (χ1) is 13.4. The first-order valence-corrected chi connectivity index (χ1v) is 8.97. The van der Waals surface area contributed by atoms with E-state index in [1.807, 2.05) is 31.2 Å². The van der Waals surface area contributed by atoms with Gasteiger partial charge < -0.3 is 20.7 Å². The van der Waals surface area contributed by atoms with Crippen molar-refractivity contribution < 1.29 is 4.52 Å². The highest BCUT2D eigenvalue weighted by atomic mass is 16.5. The molecule has 0 amide bonds. The van der Waals surface area contributed by atoms with Crippen molar-refractivity contribution in [1.82, 2.24) is 15.1 Å². The minimum absolute atomic E-state index is 0.158. The van der Waals surface area contributed by atoms with Gasteiger partial charge in [0.15, 0.2) is 5.82 Å². The highest BCUT2D eigenvalue weighted by molar-refractivity contribution is 6.08. The summed E-state index contributed by atoms with van der Waals surface area (Å²) in [4.78, 5) is 19.2. The summed E-state index contributed by atoms with van der Waals surface area (Å²) < 4.78 is 5.41. The smallest absolute Gasteiger partial charge is 0.263 e. The average molecular weight is 377 g/mol. The molecule has 1 unspecified atom stereocenters. The van der Waals surface area contributed by atoms with E-state index in [1.165, 1.54) is 12.4 Å². The van der Waals surface area contributed by atoms with Crippen molar-refractivity contribution in [3.05, 3.63) is 76.1 Å². The number of aromatic nitrogens is 3. The zero-order valence-corrected chi connectivity index (χ0v) is 16.1. The number of nitrogens with one attached hydrogen (secondary N) is 2. The Hall–Kier alpha value is -3.48. The number of hydrogen-bond donors (Lipinski definition) is 3. The van der Waals surface area contributed by atoms with Crippen LogP contribution in [-0.2, 0) is 5.41 Å². The standard InChI is InChI=1S/C21H23N5O2/c1-13(2)21(3,16-8-6-14(7-9-16)15(11-22)12-23)20-25-19(28-26-20)17-5-4-10-24-18(17)27/h4-13,22H,23H2,1-3H3,(H,24,27)/b15-12+,22-11?. The minimum atomic E-state index is -0.529. The van der Waals surface area contributed by atoms with E-state index in [9.17, 15) is 4.79 Å². The van der Waals surface area contributed by atoms with Gasteiger partial charge in [-0.1, -0.05) is 43.3 Å². The van der Waals surface area contributed by atoms with Crippen molar-refractivity contribution in [2.75, 3.05) is 0 Å². The highest BCUT2D eigenvalue weighted by Gasteiger charge is 2.37. The number of benzene rings is 1. The second-order valence-electron chi connectivity index (χ2n) is 7.04. The van der Waals surface area contributed by atoms with Gasteiger partial charge >= 0.3 is 0 Å². The van der Waals surface area contributed by atoms with Crippen LogP contribution in [0.15, 0.2) is 58.1 Å². The molecule has 2 aromatic heterocycles. The quantitative estimate of drug-likeness (QED) is 0.569. The molecule has 0 fully saturated rings. The lowest BCUT2D eigenvalue weighted by Gasteiger charge is -2.31. The summed E-state index contributed by atoms with van der Waals surface area (Å²) in [5.41, 5.74) is 7.61. The number of pyridine rings is 1. The molecule has 1 atom stereocenters. The molecule has 1 aromatic carbocycles. The molecule has 7 heteroatoms. The second-order valence-corrected chi connectivity index (χ2v) is 7.04. The Labute approximate surface area is 162 Å². The molecular weight excluding hydrogens is 354 g/mol. The van der Waals surface area contributed by atoms with E-state index < -0.39 is 5.41 Å². The number of aromatic amines is 1. The van der Waals surface area contributed by atoms with Crippen molar-refractivity contribution in [1.29, 1.82) is 5.41 Å². The van der Waals surface area contributed by atoms with Gasteiger partial charge in [0.2, 0.25) is 0 Å². The van der Waals surface area contributed by atoms with Crippen LogP contribution in [0, 0.1) is 11.3 Å². The molecule has 3 aromatic rings. The van der Waals surface area contributed by atoms with Gasteiger partial charge in [0.05, 0.1) is 5.41 Å². The third kappa shape index (κ3) is 3.26. The van der Waals surface area contributed by atoms with Gasteiger partial charge in [-0.25, -0.2) is 0 Å². The summed E-state index contributed by atoms with van der Waals surface area (Å²) in [6, 6.07) is 11.2. The number of hydrogen-bond acceptors (Lipinski definition) is 6. The Kier molecular flexibility index (Phi) is 5.26. The van der Waals surface area contributed by atoms with Crippen molar-refractivity contribution in [2.24, 2.45) is 11.7 Å². The number of H-pyrrole nitrogens is 1. The Bertz CT molecular complexity index is 1060. The van der Waals surface area contributed by atoms with E-state index in [4.69, 9.17) is 15.7 Å². The van der Waals surface area contributed by atoms with Crippen LogP contribution in [-0.4, -0.2) is 21.3 Å². The van der Waals surface area contributed by atoms with Crippen LogP contribution in [0.4, 0.5) is 0 Å². The average Bonchev–Trinajstić information content (AvgIpc) is 3.19. The Morgan fingerprint density at radius 3 is 2.57 bits per heavy atom. The van der Waals surface area contributed by atoms with Gasteiger partial charge in [0.25, 0.3) is 11.4 Å². The van der Waals surface area contributed by atoms with Gasteiger partial charge in [-0.2, -0.15) is 4.98 Å². The molecular formula is C21H23N5O2. The van der Waals surface area contributed by atoms with Crippen LogP contribution < -0.4 is 11.3 Å². The van der Waals surface area contributed by atoms with E-state index in [1.54, 1.807) is 18.3 Å². The first-order valence-electron chi connectivity index (χ1n) is 8.97. The molecule has 2 heterocycles. The van der Waals surface area contributed by atoms with Crippen LogP contribution in [0.25, 0.3) is 17.0 Å². The lowest BCUT2D eigenvalue weighted by Crippen LogP contribution is -2.31. The van der Waals surface area contributed by atoms with Crippen LogP contribution in [0.5, 0.6) is 0 Å². The summed E-state index contributed by atoms with van der Waals surface area (Å²) in [5, 5.41) is 11.6. The molecule has 144 valence electrons. The molecule has 0 aliphatic heterocycles. The third-order valence-corrected chi connectivity index (χ3v) is 5.25. The summed E-state index contributed by atoms with van der Waals surface area (Å²) in [7, 11) is 0. The molecule has 0 aliphatic carbocycles. The summed E-state index contributed by atoms with van der Waals surface area (Å²) in [6.45, 7) is 6.22. The molecule has 0 radical (unpaired) electrons. The third-order valence-electron chi connectivity index (χ3n) is 5.25. The van der Waals surface area contributed by atoms with E-state index in [2.05, 4.69) is 29.0 Å². The lowest BCUT2D eigenvalue weighted by atomic mass is 9.72. The fourth-order valence-corrected chi connectivity index (χ4v) is 3.09. The van der Waals surface area contributed by atoms with Crippen LogP contribution >= 0.6 is 0 Å². The van der Waals surface area contributed by atoms with Crippen molar-refractivity contribution in [3.8, 4) is 11.5 Å². The summed E-state index contributed by atoms with van der Waals surface area (Å²) >= 11 is 0. The van der Waals surface area contributed by atoms with Gasteiger partial charge in [-0.05, 0) is 36.1 Å². The molecule has 0 aliphatic rings. The maximum Gasteiger partial charge on any atom is 0.263 e. The predicted octanol–water partition coefficient (Wildman–Crippen LogP) is 3.34. The second kappa shape index (κ2) is 7.64. The molecule has 0 saturated heterocycles. The van der Waals surface area contributed by atoms with Crippen LogP contribution in [0.3, 0.4) is 0 Å². The normalized spacial score (nSPS) is 14.1. The largest absolute Gasteiger partial charge is 0.404 e. The molecule has 0 saturated carbocycles. The Morgan fingerprint density at radius 1 is 1.29 bits per heavy atom.